The van der Waals surface area contributed by atoms with Gasteiger partial charge in [0.25, 0.3) is 5.76 Å². The van der Waals surface area contributed by atoms with E-state index in [2.05, 4.69) is 9.97 Å². The zero-order chi connectivity index (χ0) is 18.4. The summed E-state index contributed by atoms with van der Waals surface area (Å²) in [5, 5.41) is 11.0. The molecule has 2 rings (SSSR count). The second kappa shape index (κ2) is 8.64. The van der Waals surface area contributed by atoms with Gasteiger partial charge in [-0.15, -0.1) is 11.3 Å². The van der Waals surface area contributed by atoms with Crippen molar-refractivity contribution in [2.24, 2.45) is 0 Å². The summed E-state index contributed by atoms with van der Waals surface area (Å²) < 4.78 is 29.9. The van der Waals surface area contributed by atoms with Crippen LogP contribution in [0.25, 0.3) is 0 Å². The van der Waals surface area contributed by atoms with Gasteiger partial charge >= 0.3 is 5.97 Å². The number of esters is 1. The number of rotatable bonds is 7. The molecule has 0 spiro atoms. The zero-order valence-electron chi connectivity index (χ0n) is 12.8. The van der Waals surface area contributed by atoms with Crippen LogP contribution in [0.3, 0.4) is 0 Å². The van der Waals surface area contributed by atoms with Crippen molar-refractivity contribution in [1.29, 1.82) is 5.26 Å². The Morgan fingerprint density at radius 1 is 1.48 bits per heavy atom. The van der Waals surface area contributed by atoms with E-state index >= 15 is 0 Å². The van der Waals surface area contributed by atoms with E-state index in [0.717, 1.165) is 11.3 Å². The van der Waals surface area contributed by atoms with Crippen molar-refractivity contribution in [3.63, 3.8) is 0 Å². The Balaban J connectivity index is 2.04. The van der Waals surface area contributed by atoms with Crippen LogP contribution >= 0.6 is 23.1 Å². The van der Waals surface area contributed by atoms with Crippen LogP contribution in [-0.4, -0.2) is 34.1 Å². The van der Waals surface area contributed by atoms with Crippen molar-refractivity contribution in [3.05, 3.63) is 40.0 Å². The summed E-state index contributed by atoms with van der Waals surface area (Å²) in [6.45, 7) is 1.06. The molecule has 0 N–H and O–H groups in total. The van der Waals surface area contributed by atoms with E-state index in [4.69, 9.17) is 10.00 Å². The molecular formula is C15H11F2N3O3S2. The fourth-order valence-electron chi connectivity index (χ4n) is 1.79. The number of ether oxygens (including phenoxy) is 1. The predicted octanol–water partition coefficient (Wildman–Crippen LogP) is 3.19. The van der Waals surface area contributed by atoms with Gasteiger partial charge < -0.3 is 4.74 Å². The van der Waals surface area contributed by atoms with E-state index in [-0.39, 0.29) is 22.4 Å². The van der Waals surface area contributed by atoms with Crippen LogP contribution < -0.4 is 0 Å². The molecule has 0 radical (unpaired) electrons. The maximum absolute atomic E-state index is 12.5. The van der Waals surface area contributed by atoms with Crippen LogP contribution in [0.15, 0.2) is 28.7 Å². The van der Waals surface area contributed by atoms with Gasteiger partial charge in [-0.05, 0) is 30.8 Å². The molecule has 0 saturated heterocycles. The molecule has 0 fully saturated rings. The topological polar surface area (TPSA) is 92.9 Å². The lowest BCUT2D eigenvalue weighted by molar-refractivity contribution is -0.122. The Kier molecular flexibility index (Phi) is 6.55. The van der Waals surface area contributed by atoms with E-state index in [1.807, 2.05) is 6.07 Å². The number of aryl methyl sites for hydroxylation is 1. The molecule has 1 atom stereocenters. The zero-order valence-corrected chi connectivity index (χ0v) is 14.4. The number of hydrogen-bond donors (Lipinski definition) is 0. The lowest BCUT2D eigenvalue weighted by atomic mass is 10.1. The third-order valence-corrected chi connectivity index (χ3v) is 4.63. The molecule has 2 aromatic heterocycles. The van der Waals surface area contributed by atoms with Crippen molar-refractivity contribution in [2.45, 2.75) is 23.6 Å². The number of nitriles is 1. The summed E-state index contributed by atoms with van der Waals surface area (Å²) in [7, 11) is 0. The van der Waals surface area contributed by atoms with Gasteiger partial charge in [-0.3, -0.25) is 4.79 Å². The van der Waals surface area contributed by atoms with Gasteiger partial charge in [0.15, 0.2) is 18.3 Å². The van der Waals surface area contributed by atoms with Gasteiger partial charge in [0.2, 0.25) is 0 Å². The molecule has 2 aromatic rings. The third-order valence-electron chi connectivity index (χ3n) is 2.87. The first-order chi connectivity index (χ1) is 11.9. The number of ketones is 1. The average molecular weight is 383 g/mol. The Labute approximate surface area is 149 Å². The highest BCUT2D eigenvalue weighted by molar-refractivity contribution is 7.99. The fraction of sp³-hybridized carbons (Fsp3) is 0.267. The molecule has 0 unspecified atom stereocenters. The van der Waals surface area contributed by atoms with Gasteiger partial charge in [0, 0.05) is 17.3 Å². The Hall–Kier alpha value is -2.38. The number of alkyl halides is 2. The molecule has 0 bridgehead atoms. The number of aromatic nitrogens is 2. The molecule has 6 nitrogen and oxygen atoms in total. The molecule has 0 aromatic carbocycles. The van der Waals surface area contributed by atoms with Gasteiger partial charge in [0.05, 0.1) is 11.6 Å². The van der Waals surface area contributed by atoms with Gasteiger partial charge in [-0.25, -0.2) is 14.8 Å². The molecule has 0 amide bonds. The summed E-state index contributed by atoms with van der Waals surface area (Å²) in [4.78, 5) is 31.9. The molecule has 0 saturated carbocycles. The molecule has 0 aliphatic carbocycles. The number of nitrogens with zero attached hydrogens (tertiary/aromatic N) is 3. The largest absolute Gasteiger partial charge is 0.454 e. The first kappa shape index (κ1) is 19.0. The summed E-state index contributed by atoms with van der Waals surface area (Å²) in [5.41, 5.74) is 0.508. The second-order valence-electron chi connectivity index (χ2n) is 4.67. The van der Waals surface area contributed by atoms with Crippen LogP contribution in [0.1, 0.15) is 27.0 Å². The second-order valence-corrected chi connectivity index (χ2v) is 6.53. The number of carbonyl (C=O) groups is 2. The highest BCUT2D eigenvalue weighted by Gasteiger charge is 2.25. The van der Waals surface area contributed by atoms with Crippen molar-refractivity contribution < 1.29 is 23.1 Å². The number of hydrogen-bond acceptors (Lipinski definition) is 8. The van der Waals surface area contributed by atoms with Crippen LogP contribution in [0, 0.1) is 18.3 Å². The maximum atomic E-state index is 12.5. The summed E-state index contributed by atoms with van der Waals surface area (Å²) in [5.74, 6) is -5.50. The minimum atomic E-state index is -2.75. The number of halogens is 2. The Morgan fingerprint density at radius 3 is 2.84 bits per heavy atom. The van der Waals surface area contributed by atoms with E-state index in [1.54, 1.807) is 12.3 Å². The molecular weight excluding hydrogens is 372 g/mol. The Bertz CT molecular complexity index is 820. The summed E-state index contributed by atoms with van der Waals surface area (Å²) in [6.07, 6.45) is 1.27. The van der Waals surface area contributed by atoms with Crippen molar-refractivity contribution in [3.8, 4) is 6.07 Å². The lowest BCUT2D eigenvalue weighted by Crippen LogP contribution is -2.20. The van der Waals surface area contributed by atoms with Crippen LogP contribution in [0.5, 0.6) is 0 Å². The van der Waals surface area contributed by atoms with E-state index in [1.165, 1.54) is 18.3 Å². The molecule has 0 aliphatic heterocycles. The van der Waals surface area contributed by atoms with Crippen LogP contribution in [-0.2, 0) is 9.53 Å². The van der Waals surface area contributed by atoms with Gasteiger partial charge in [0.1, 0.15) is 10.0 Å². The SMILES string of the molecule is Cc1csc([C@H](C#N)C(=O)COC(=O)c2cccnc2SC(F)F)n1. The van der Waals surface area contributed by atoms with Crippen molar-refractivity contribution >= 4 is 34.9 Å². The monoisotopic (exact) mass is 383 g/mol. The normalized spacial score (nSPS) is 11.8. The minimum absolute atomic E-state index is 0.107. The summed E-state index contributed by atoms with van der Waals surface area (Å²) >= 11 is 1.27. The van der Waals surface area contributed by atoms with E-state index in [9.17, 15) is 18.4 Å². The molecule has 0 aliphatic rings. The molecule has 25 heavy (non-hydrogen) atoms. The first-order valence-corrected chi connectivity index (χ1v) is 8.59. The van der Waals surface area contributed by atoms with Gasteiger partial charge in [-0.1, -0.05) is 0 Å². The number of pyridine rings is 1. The van der Waals surface area contributed by atoms with Crippen LogP contribution in [0.2, 0.25) is 0 Å². The summed E-state index contributed by atoms with van der Waals surface area (Å²) in [6, 6.07) is 4.49. The first-order valence-electron chi connectivity index (χ1n) is 6.83. The fourth-order valence-corrected chi connectivity index (χ4v) is 3.22. The quantitative estimate of drug-likeness (QED) is 0.535. The number of thiazole rings is 1. The lowest BCUT2D eigenvalue weighted by Gasteiger charge is -2.09. The Morgan fingerprint density at radius 2 is 2.24 bits per heavy atom. The highest BCUT2D eigenvalue weighted by Crippen LogP contribution is 2.27. The predicted molar refractivity (Wildman–Crippen MR) is 86.6 cm³/mol. The van der Waals surface area contributed by atoms with Gasteiger partial charge in [-0.2, -0.15) is 14.0 Å². The third kappa shape index (κ3) is 5.04. The van der Waals surface area contributed by atoms with Crippen molar-refractivity contribution in [1.82, 2.24) is 9.97 Å². The minimum Gasteiger partial charge on any atom is -0.454 e. The average Bonchev–Trinajstić information content (AvgIpc) is 2.99. The van der Waals surface area contributed by atoms with Crippen molar-refractivity contribution in [2.75, 3.05) is 6.61 Å². The number of Topliss-reactive ketones (excluding diaryl/α,β-unsaturated/α-hetero) is 1. The standard InChI is InChI=1S/C15H11F2N3O3S2/c1-8-7-24-13(20-8)10(5-18)11(21)6-23-14(22)9-3-2-4-19-12(9)25-15(16)17/h2-4,7,10,15H,6H2,1H3/t10-/m1/s1. The smallest absolute Gasteiger partial charge is 0.341 e. The van der Waals surface area contributed by atoms with Crippen LogP contribution in [0.4, 0.5) is 8.78 Å². The van der Waals surface area contributed by atoms with E-state index < -0.39 is 30.0 Å². The number of carbonyl (C=O) groups excluding carboxylic acids is 2. The highest BCUT2D eigenvalue weighted by atomic mass is 32.2. The maximum Gasteiger partial charge on any atom is 0.341 e. The van der Waals surface area contributed by atoms with E-state index in [0.29, 0.717) is 10.7 Å². The molecule has 10 heteroatoms. The number of thioether (sulfide) groups is 1. The molecule has 130 valence electrons. The molecule has 2 heterocycles.